The maximum Gasteiger partial charge on any atom is 0.223 e. The highest BCUT2D eigenvalue weighted by atomic mass is 32.2. The summed E-state index contributed by atoms with van der Waals surface area (Å²) in [6.07, 6.45) is 4.79. The van der Waals surface area contributed by atoms with Gasteiger partial charge < -0.3 is 5.32 Å². The van der Waals surface area contributed by atoms with E-state index in [2.05, 4.69) is 71.6 Å². The monoisotopic (exact) mass is 441 g/mol. The van der Waals surface area contributed by atoms with Crippen LogP contribution in [0, 0.1) is 31.6 Å². The number of thioether (sulfide) groups is 2. The average molecular weight is 442 g/mol. The maximum absolute atomic E-state index is 13.1. The van der Waals surface area contributed by atoms with Gasteiger partial charge in [-0.3, -0.25) is 9.48 Å². The van der Waals surface area contributed by atoms with Crippen LogP contribution in [0.15, 0.2) is 30.3 Å². The van der Waals surface area contributed by atoms with Gasteiger partial charge in [0.25, 0.3) is 0 Å². The first-order chi connectivity index (χ1) is 14.6. The lowest BCUT2D eigenvalue weighted by molar-refractivity contribution is -0.126. The molecule has 30 heavy (non-hydrogen) atoms. The molecule has 3 atom stereocenters. The Balaban J connectivity index is 1.22. The minimum atomic E-state index is 0.190. The van der Waals surface area contributed by atoms with Crippen molar-refractivity contribution in [1.29, 1.82) is 0 Å². The van der Waals surface area contributed by atoms with Crippen LogP contribution in [0.25, 0.3) is 0 Å². The number of hydrogen-bond acceptors (Lipinski definition) is 4. The molecule has 1 aromatic carbocycles. The molecule has 2 aromatic rings. The molecule has 1 aliphatic heterocycles. The molecule has 1 unspecified atom stereocenters. The minimum Gasteiger partial charge on any atom is -0.352 e. The fraction of sp³-hybridized carbons (Fsp3) is 0.583. The number of aryl methyl sites for hydroxylation is 1. The summed E-state index contributed by atoms with van der Waals surface area (Å²) in [4.78, 5) is 13.1. The second-order valence-electron chi connectivity index (χ2n) is 9.07. The number of rotatable bonds is 5. The molecule has 5 rings (SSSR count). The molecule has 0 radical (unpaired) electrons. The van der Waals surface area contributed by atoms with E-state index >= 15 is 0 Å². The van der Waals surface area contributed by atoms with Gasteiger partial charge in [0.15, 0.2) is 0 Å². The van der Waals surface area contributed by atoms with E-state index in [-0.39, 0.29) is 11.8 Å². The van der Waals surface area contributed by atoms with Crippen molar-refractivity contribution in [3.8, 4) is 0 Å². The Bertz CT molecular complexity index is 904. The molecule has 1 N–H and O–H groups in total. The molecule has 2 heterocycles. The van der Waals surface area contributed by atoms with Gasteiger partial charge >= 0.3 is 0 Å². The summed E-state index contributed by atoms with van der Waals surface area (Å²) < 4.78 is 2.51. The van der Waals surface area contributed by atoms with Crippen molar-refractivity contribution in [2.24, 2.45) is 17.8 Å². The number of nitrogens with one attached hydrogen (secondary N) is 1. The SMILES string of the molecule is Cc1nn(Cc2ccccc2)c(C)c1CNC(=O)C1C[C@H]2CC[C@@H](C1)C21SCCS1. The van der Waals surface area contributed by atoms with Crippen LogP contribution >= 0.6 is 23.5 Å². The van der Waals surface area contributed by atoms with Crippen LogP contribution in [0.3, 0.4) is 0 Å². The van der Waals surface area contributed by atoms with Crippen LogP contribution in [-0.2, 0) is 17.9 Å². The third-order valence-electron chi connectivity index (χ3n) is 7.40. The van der Waals surface area contributed by atoms with Crippen molar-refractivity contribution in [2.75, 3.05) is 11.5 Å². The lowest BCUT2D eigenvalue weighted by Gasteiger charge is -2.42. The highest BCUT2D eigenvalue weighted by Crippen LogP contribution is 2.65. The van der Waals surface area contributed by atoms with E-state index in [1.165, 1.54) is 29.9 Å². The average Bonchev–Trinajstić information content (AvgIpc) is 3.37. The first-order valence-corrected chi connectivity index (χ1v) is 13.2. The molecule has 2 saturated carbocycles. The standard InChI is InChI=1S/C24H31N3OS2/c1-16-22(17(2)27(26-16)15-18-6-4-3-5-7-18)14-25-23(28)19-12-20-8-9-21(13-19)24(20)29-10-11-30-24/h3-7,19-21H,8-15H2,1-2H3,(H,25,28)/t19?,20-,21+. The summed E-state index contributed by atoms with van der Waals surface area (Å²) in [7, 11) is 0. The van der Waals surface area contributed by atoms with Gasteiger partial charge in [-0.05, 0) is 56.9 Å². The van der Waals surface area contributed by atoms with Crippen LogP contribution in [0.4, 0.5) is 0 Å². The number of benzene rings is 1. The molecule has 1 amide bonds. The smallest absolute Gasteiger partial charge is 0.223 e. The molecular formula is C24H31N3OS2. The second-order valence-corrected chi connectivity index (χ2v) is 12.1. The van der Waals surface area contributed by atoms with Gasteiger partial charge in [0.1, 0.15) is 0 Å². The van der Waals surface area contributed by atoms with Crippen molar-refractivity contribution in [1.82, 2.24) is 15.1 Å². The Morgan fingerprint density at radius 2 is 1.80 bits per heavy atom. The number of carbonyl (C=O) groups excluding carboxylic acids is 1. The number of aromatic nitrogens is 2. The van der Waals surface area contributed by atoms with Gasteiger partial charge in [-0.2, -0.15) is 5.10 Å². The largest absolute Gasteiger partial charge is 0.352 e. The van der Waals surface area contributed by atoms with E-state index in [9.17, 15) is 4.79 Å². The minimum absolute atomic E-state index is 0.190. The van der Waals surface area contributed by atoms with E-state index in [1.807, 2.05) is 6.07 Å². The van der Waals surface area contributed by atoms with Crippen molar-refractivity contribution in [2.45, 2.75) is 56.7 Å². The predicted octanol–water partition coefficient (Wildman–Crippen LogP) is 4.78. The molecule has 1 aromatic heterocycles. The highest BCUT2D eigenvalue weighted by molar-refractivity contribution is 8.21. The van der Waals surface area contributed by atoms with Gasteiger partial charge in [-0.15, -0.1) is 23.5 Å². The number of hydrogen-bond donors (Lipinski definition) is 1. The molecule has 6 heteroatoms. The fourth-order valence-corrected chi connectivity index (χ4v) is 9.77. The molecule has 2 bridgehead atoms. The van der Waals surface area contributed by atoms with E-state index in [1.54, 1.807) is 0 Å². The first kappa shape index (κ1) is 20.5. The first-order valence-electron chi connectivity index (χ1n) is 11.2. The number of nitrogens with zero attached hydrogens (tertiary/aromatic N) is 2. The van der Waals surface area contributed by atoms with Crippen LogP contribution in [0.5, 0.6) is 0 Å². The lowest BCUT2D eigenvalue weighted by Crippen LogP contribution is -2.42. The zero-order chi connectivity index (χ0) is 20.7. The number of amides is 1. The Morgan fingerprint density at radius 3 is 2.47 bits per heavy atom. The van der Waals surface area contributed by atoms with Crippen molar-refractivity contribution in [3.63, 3.8) is 0 Å². The van der Waals surface area contributed by atoms with Crippen molar-refractivity contribution < 1.29 is 4.79 Å². The third kappa shape index (κ3) is 3.60. The highest BCUT2D eigenvalue weighted by Gasteiger charge is 2.57. The van der Waals surface area contributed by atoms with E-state index in [0.717, 1.165) is 48.2 Å². The fourth-order valence-electron chi connectivity index (χ4n) is 5.83. The van der Waals surface area contributed by atoms with Gasteiger partial charge in [0.05, 0.1) is 16.3 Å². The summed E-state index contributed by atoms with van der Waals surface area (Å²) >= 11 is 4.39. The zero-order valence-electron chi connectivity index (χ0n) is 17.9. The van der Waals surface area contributed by atoms with Crippen LogP contribution in [0.1, 0.15) is 48.2 Å². The normalized spacial score (nSPS) is 26.9. The van der Waals surface area contributed by atoms with Crippen LogP contribution < -0.4 is 5.32 Å². The Morgan fingerprint density at radius 1 is 1.13 bits per heavy atom. The van der Waals surface area contributed by atoms with Gasteiger partial charge in [0, 0.05) is 35.2 Å². The van der Waals surface area contributed by atoms with Crippen LogP contribution in [-0.4, -0.2) is 31.3 Å². The molecule has 2 aliphatic carbocycles. The summed E-state index contributed by atoms with van der Waals surface area (Å²) in [5.41, 5.74) is 4.58. The maximum atomic E-state index is 13.1. The summed E-state index contributed by atoms with van der Waals surface area (Å²) in [6, 6.07) is 10.4. The van der Waals surface area contributed by atoms with Crippen molar-refractivity contribution >= 4 is 29.4 Å². The lowest BCUT2D eigenvalue weighted by atomic mass is 9.79. The quantitative estimate of drug-likeness (QED) is 0.726. The second kappa shape index (κ2) is 8.27. The van der Waals surface area contributed by atoms with E-state index < -0.39 is 0 Å². The molecule has 160 valence electrons. The summed E-state index contributed by atoms with van der Waals surface area (Å²) in [5.74, 6) is 4.47. The molecule has 4 nitrogen and oxygen atoms in total. The molecule has 1 saturated heterocycles. The van der Waals surface area contributed by atoms with Gasteiger partial charge in [-0.1, -0.05) is 30.3 Å². The van der Waals surface area contributed by atoms with E-state index in [4.69, 9.17) is 5.10 Å². The molecule has 1 spiro atoms. The Kier molecular flexibility index (Phi) is 5.65. The third-order valence-corrected chi connectivity index (χ3v) is 11.4. The Labute approximate surface area is 188 Å². The van der Waals surface area contributed by atoms with E-state index in [0.29, 0.717) is 10.6 Å². The topological polar surface area (TPSA) is 46.9 Å². The zero-order valence-corrected chi connectivity index (χ0v) is 19.5. The predicted molar refractivity (Wildman–Crippen MR) is 126 cm³/mol. The molecule has 3 fully saturated rings. The van der Waals surface area contributed by atoms with Crippen LogP contribution in [0.2, 0.25) is 0 Å². The number of carbonyl (C=O) groups is 1. The Hall–Kier alpha value is -1.40. The molecular weight excluding hydrogens is 410 g/mol. The van der Waals surface area contributed by atoms with Crippen molar-refractivity contribution in [3.05, 3.63) is 52.8 Å². The van der Waals surface area contributed by atoms with Gasteiger partial charge in [-0.25, -0.2) is 0 Å². The van der Waals surface area contributed by atoms with Gasteiger partial charge in [0.2, 0.25) is 5.91 Å². The molecule has 3 aliphatic rings. The summed E-state index contributed by atoms with van der Waals surface area (Å²) in [5, 5.41) is 8.01. The summed E-state index contributed by atoms with van der Waals surface area (Å²) in [6.45, 7) is 5.52.